The molecule has 0 aromatic carbocycles. The average molecular weight is 307 g/mol. The van der Waals surface area contributed by atoms with Crippen LogP contribution in [-0.2, 0) is 10.2 Å². The largest absolute Gasteiger partial charge is 0.381 e. The standard InChI is InChI=1S/C14H21N5OS/c1-9(2)14(4-5-15-8-14)12-18-19-11(10-3-6-20-7-10)16-17-13(19)21-12/h9-10,15H,3-8H2,1-2H3. The van der Waals surface area contributed by atoms with Crippen LogP contribution in [0.3, 0.4) is 0 Å². The summed E-state index contributed by atoms with van der Waals surface area (Å²) in [5.74, 6) is 1.87. The fourth-order valence-corrected chi connectivity index (χ4v) is 4.67. The van der Waals surface area contributed by atoms with Gasteiger partial charge in [0.2, 0.25) is 4.96 Å². The van der Waals surface area contributed by atoms with Gasteiger partial charge in [0.1, 0.15) is 5.01 Å². The third kappa shape index (κ3) is 2.02. The lowest BCUT2D eigenvalue weighted by molar-refractivity contribution is 0.193. The van der Waals surface area contributed by atoms with Gasteiger partial charge in [-0.15, -0.1) is 10.2 Å². The molecule has 2 unspecified atom stereocenters. The van der Waals surface area contributed by atoms with Gasteiger partial charge in [-0.05, 0) is 25.3 Å². The van der Waals surface area contributed by atoms with Gasteiger partial charge in [-0.3, -0.25) is 0 Å². The van der Waals surface area contributed by atoms with Crippen molar-refractivity contribution in [3.05, 3.63) is 10.8 Å². The van der Waals surface area contributed by atoms with Gasteiger partial charge in [-0.1, -0.05) is 25.2 Å². The third-order valence-electron chi connectivity index (χ3n) is 5.03. The summed E-state index contributed by atoms with van der Waals surface area (Å²) in [5.41, 5.74) is 0.148. The number of ether oxygens (including phenoxy) is 1. The minimum absolute atomic E-state index is 0.148. The fourth-order valence-electron chi connectivity index (χ4n) is 3.46. The third-order valence-corrected chi connectivity index (χ3v) is 6.15. The summed E-state index contributed by atoms with van der Waals surface area (Å²) in [4.78, 5) is 0.916. The van der Waals surface area contributed by atoms with Gasteiger partial charge in [0.15, 0.2) is 5.82 Å². The van der Waals surface area contributed by atoms with Crippen molar-refractivity contribution < 1.29 is 4.74 Å². The molecule has 1 N–H and O–H groups in total. The Hall–Kier alpha value is -1.05. The maximum absolute atomic E-state index is 5.48. The molecule has 2 aromatic rings. The van der Waals surface area contributed by atoms with Gasteiger partial charge in [0.05, 0.1) is 6.61 Å². The highest BCUT2D eigenvalue weighted by Gasteiger charge is 2.42. The van der Waals surface area contributed by atoms with E-state index in [-0.39, 0.29) is 5.41 Å². The van der Waals surface area contributed by atoms with Gasteiger partial charge in [0, 0.05) is 24.5 Å². The summed E-state index contributed by atoms with van der Waals surface area (Å²) in [5, 5.41) is 18.3. The zero-order valence-corrected chi connectivity index (χ0v) is 13.3. The average Bonchev–Trinajstić information content (AvgIpc) is 3.21. The van der Waals surface area contributed by atoms with E-state index in [4.69, 9.17) is 9.84 Å². The van der Waals surface area contributed by atoms with Crippen LogP contribution in [0.4, 0.5) is 0 Å². The Balaban J connectivity index is 1.77. The quantitative estimate of drug-likeness (QED) is 0.932. The Kier molecular flexibility index (Phi) is 3.24. The summed E-state index contributed by atoms with van der Waals surface area (Å²) >= 11 is 1.70. The van der Waals surface area contributed by atoms with Crippen LogP contribution in [0.15, 0.2) is 0 Å². The fraction of sp³-hybridized carbons (Fsp3) is 0.786. The molecule has 4 heterocycles. The Morgan fingerprint density at radius 1 is 1.43 bits per heavy atom. The first-order chi connectivity index (χ1) is 10.2. The minimum atomic E-state index is 0.148. The van der Waals surface area contributed by atoms with E-state index in [1.165, 1.54) is 5.01 Å². The van der Waals surface area contributed by atoms with E-state index in [2.05, 4.69) is 29.4 Å². The SMILES string of the molecule is CC(C)C1(c2nn3c(C4CCOC4)nnc3s2)CCNC1. The van der Waals surface area contributed by atoms with Crippen molar-refractivity contribution in [2.45, 2.75) is 38.0 Å². The topological polar surface area (TPSA) is 64.3 Å². The first-order valence-electron chi connectivity index (χ1n) is 7.72. The van der Waals surface area contributed by atoms with Crippen LogP contribution in [-0.4, -0.2) is 46.1 Å². The molecule has 0 aliphatic carbocycles. The molecule has 0 spiro atoms. The van der Waals surface area contributed by atoms with Crippen molar-refractivity contribution in [3.8, 4) is 0 Å². The van der Waals surface area contributed by atoms with E-state index in [0.717, 1.165) is 49.9 Å². The molecule has 21 heavy (non-hydrogen) atoms. The van der Waals surface area contributed by atoms with Crippen molar-refractivity contribution in [2.24, 2.45) is 5.92 Å². The van der Waals surface area contributed by atoms with E-state index in [0.29, 0.717) is 11.8 Å². The first-order valence-corrected chi connectivity index (χ1v) is 8.53. The van der Waals surface area contributed by atoms with Gasteiger partial charge < -0.3 is 10.1 Å². The molecule has 7 heteroatoms. The zero-order valence-electron chi connectivity index (χ0n) is 12.5. The number of rotatable bonds is 3. The van der Waals surface area contributed by atoms with Crippen LogP contribution in [0.5, 0.6) is 0 Å². The predicted octanol–water partition coefficient (Wildman–Crippen LogP) is 1.58. The van der Waals surface area contributed by atoms with Crippen LogP contribution in [0.1, 0.15) is 43.4 Å². The molecule has 0 saturated carbocycles. The maximum Gasteiger partial charge on any atom is 0.234 e. The van der Waals surface area contributed by atoms with Crippen molar-refractivity contribution in [3.63, 3.8) is 0 Å². The maximum atomic E-state index is 5.48. The lowest BCUT2D eigenvalue weighted by Gasteiger charge is -2.29. The summed E-state index contributed by atoms with van der Waals surface area (Å²) in [6, 6.07) is 0. The molecule has 2 aromatic heterocycles. The van der Waals surface area contributed by atoms with Gasteiger partial charge in [0.25, 0.3) is 0 Å². The number of hydrogen-bond donors (Lipinski definition) is 1. The molecule has 0 radical (unpaired) electrons. The second-order valence-corrected chi connectivity index (χ2v) is 7.41. The Bertz CT molecular complexity index is 637. The smallest absolute Gasteiger partial charge is 0.234 e. The van der Waals surface area contributed by atoms with Crippen molar-refractivity contribution >= 4 is 16.3 Å². The molecule has 2 saturated heterocycles. The molecule has 114 valence electrons. The monoisotopic (exact) mass is 307 g/mol. The van der Waals surface area contributed by atoms with Crippen LogP contribution < -0.4 is 5.32 Å². The minimum Gasteiger partial charge on any atom is -0.381 e. The molecule has 2 fully saturated rings. The molecular weight excluding hydrogens is 286 g/mol. The predicted molar refractivity (Wildman–Crippen MR) is 80.8 cm³/mol. The first kappa shape index (κ1) is 13.6. The Labute approximate surface area is 127 Å². The summed E-state index contributed by atoms with van der Waals surface area (Å²) in [6.07, 6.45) is 2.17. The zero-order chi connectivity index (χ0) is 14.4. The summed E-state index contributed by atoms with van der Waals surface area (Å²) in [6.45, 7) is 8.22. The van der Waals surface area contributed by atoms with Gasteiger partial charge in [-0.2, -0.15) is 9.61 Å². The van der Waals surface area contributed by atoms with Crippen molar-refractivity contribution in [1.29, 1.82) is 0 Å². The van der Waals surface area contributed by atoms with Crippen molar-refractivity contribution in [1.82, 2.24) is 25.1 Å². The summed E-state index contributed by atoms with van der Waals surface area (Å²) in [7, 11) is 0. The second-order valence-electron chi connectivity index (χ2n) is 6.46. The van der Waals surface area contributed by atoms with Crippen LogP contribution >= 0.6 is 11.3 Å². The lowest BCUT2D eigenvalue weighted by atomic mass is 9.77. The van der Waals surface area contributed by atoms with Crippen molar-refractivity contribution in [2.75, 3.05) is 26.3 Å². The van der Waals surface area contributed by atoms with Crippen LogP contribution in [0.25, 0.3) is 4.96 Å². The Morgan fingerprint density at radius 3 is 3.00 bits per heavy atom. The Morgan fingerprint density at radius 2 is 2.33 bits per heavy atom. The highest BCUT2D eigenvalue weighted by atomic mass is 32.1. The lowest BCUT2D eigenvalue weighted by Crippen LogP contribution is -2.34. The molecular formula is C14H21N5OS. The molecule has 2 atom stereocenters. The molecule has 0 bridgehead atoms. The van der Waals surface area contributed by atoms with E-state index < -0.39 is 0 Å². The second kappa shape index (κ2) is 5.00. The molecule has 0 amide bonds. The molecule has 4 rings (SSSR count). The number of nitrogens with zero attached hydrogens (tertiary/aromatic N) is 4. The number of nitrogens with one attached hydrogen (secondary N) is 1. The van der Waals surface area contributed by atoms with Gasteiger partial charge >= 0.3 is 0 Å². The molecule has 6 nitrogen and oxygen atoms in total. The van der Waals surface area contributed by atoms with E-state index in [9.17, 15) is 0 Å². The van der Waals surface area contributed by atoms with E-state index in [1.54, 1.807) is 11.3 Å². The summed E-state index contributed by atoms with van der Waals surface area (Å²) < 4.78 is 7.44. The number of hydrogen-bond acceptors (Lipinski definition) is 6. The number of fused-ring (bicyclic) bond motifs is 1. The van der Waals surface area contributed by atoms with Gasteiger partial charge in [-0.25, -0.2) is 0 Å². The molecule has 2 aliphatic heterocycles. The highest BCUT2D eigenvalue weighted by Crippen LogP contribution is 2.40. The number of aromatic nitrogens is 4. The van der Waals surface area contributed by atoms with E-state index in [1.807, 2.05) is 4.52 Å². The van der Waals surface area contributed by atoms with Crippen LogP contribution in [0.2, 0.25) is 0 Å². The molecule has 2 aliphatic rings. The van der Waals surface area contributed by atoms with E-state index >= 15 is 0 Å². The highest BCUT2D eigenvalue weighted by molar-refractivity contribution is 7.16. The van der Waals surface area contributed by atoms with Crippen LogP contribution in [0, 0.1) is 5.92 Å². The normalized spacial score (nSPS) is 30.0.